The normalized spacial score (nSPS) is 22.6. The smallest absolute Gasteiger partial charge is 0.459 e. The van der Waals surface area contributed by atoms with Crippen LogP contribution in [0.4, 0.5) is 10.3 Å². The van der Waals surface area contributed by atoms with Crippen molar-refractivity contribution in [2.24, 2.45) is 0 Å². The number of esters is 1. The van der Waals surface area contributed by atoms with E-state index in [0.29, 0.717) is 12.1 Å². The first kappa shape index (κ1) is 28.7. The SMILES string of the molecule is CCOc1nc(N)nc2c1ncn2[C@@H]1O[C@H](COP(=O)(NCC(=O)OC(C)C)Oc2ccccc2)C[C@@]1(C)F. The van der Waals surface area contributed by atoms with Crippen molar-refractivity contribution in [3.8, 4) is 11.6 Å². The monoisotopic (exact) mass is 566 g/mol. The summed E-state index contributed by atoms with van der Waals surface area (Å²) < 4.78 is 58.5. The van der Waals surface area contributed by atoms with Crippen molar-refractivity contribution < 1.29 is 37.0 Å². The number of anilines is 1. The molecule has 0 spiro atoms. The first-order valence-electron chi connectivity index (χ1n) is 12.4. The molecular weight excluding hydrogens is 534 g/mol. The van der Waals surface area contributed by atoms with Gasteiger partial charge in [0.05, 0.1) is 31.7 Å². The van der Waals surface area contributed by atoms with Crippen LogP contribution in [-0.4, -0.2) is 63.1 Å². The van der Waals surface area contributed by atoms with Gasteiger partial charge < -0.3 is 24.5 Å². The number of hydrogen-bond donors (Lipinski definition) is 2. The summed E-state index contributed by atoms with van der Waals surface area (Å²) in [4.78, 5) is 24.6. The zero-order chi connectivity index (χ0) is 28.2. The van der Waals surface area contributed by atoms with E-state index in [9.17, 15) is 9.36 Å². The molecule has 1 aliphatic rings. The lowest BCUT2D eigenvalue weighted by molar-refractivity contribution is -0.145. The topological polar surface area (TPSA) is 162 Å². The van der Waals surface area contributed by atoms with Gasteiger partial charge in [-0.15, -0.1) is 0 Å². The van der Waals surface area contributed by atoms with Crippen LogP contribution in [0.15, 0.2) is 36.7 Å². The number of halogens is 1. The Bertz CT molecular complexity index is 1340. The van der Waals surface area contributed by atoms with E-state index in [1.165, 1.54) is 17.8 Å². The molecule has 0 amide bonds. The maximum absolute atomic E-state index is 15.8. The lowest BCUT2D eigenvalue weighted by Gasteiger charge is -2.23. The number of ether oxygens (including phenoxy) is 3. The second kappa shape index (κ2) is 11.8. The second-order valence-corrected chi connectivity index (χ2v) is 11.1. The summed E-state index contributed by atoms with van der Waals surface area (Å²) in [6.45, 7) is 6.13. The zero-order valence-corrected chi connectivity index (χ0v) is 23.0. The van der Waals surface area contributed by atoms with Gasteiger partial charge in [-0.05, 0) is 39.8 Å². The van der Waals surface area contributed by atoms with Crippen LogP contribution < -0.4 is 20.1 Å². The van der Waals surface area contributed by atoms with Crippen LogP contribution >= 0.6 is 7.75 Å². The molecule has 1 aliphatic heterocycles. The summed E-state index contributed by atoms with van der Waals surface area (Å²) in [5.74, 6) is -0.275. The van der Waals surface area contributed by atoms with Crippen LogP contribution in [0.3, 0.4) is 0 Å². The third kappa shape index (κ3) is 7.01. The van der Waals surface area contributed by atoms with Crippen molar-refractivity contribution in [3.05, 3.63) is 36.7 Å². The molecule has 1 saturated heterocycles. The van der Waals surface area contributed by atoms with Crippen LogP contribution in [0.5, 0.6) is 11.6 Å². The molecule has 1 fully saturated rings. The summed E-state index contributed by atoms with van der Waals surface area (Å²) in [6.07, 6.45) is -1.06. The number of nitrogens with zero attached hydrogens (tertiary/aromatic N) is 4. The Morgan fingerprint density at radius 2 is 2.08 bits per heavy atom. The first-order valence-corrected chi connectivity index (χ1v) is 13.9. The minimum atomic E-state index is -4.10. The minimum Gasteiger partial charge on any atom is -0.476 e. The van der Waals surface area contributed by atoms with Crippen molar-refractivity contribution in [3.63, 3.8) is 0 Å². The van der Waals surface area contributed by atoms with Gasteiger partial charge in [0, 0.05) is 6.42 Å². The molecule has 13 nitrogen and oxygen atoms in total. The highest BCUT2D eigenvalue weighted by Crippen LogP contribution is 2.47. The highest BCUT2D eigenvalue weighted by molar-refractivity contribution is 7.52. The van der Waals surface area contributed by atoms with Gasteiger partial charge in [0.2, 0.25) is 11.8 Å². The maximum atomic E-state index is 15.8. The third-order valence-electron chi connectivity index (χ3n) is 5.59. The quantitative estimate of drug-likeness (QED) is 0.242. The molecule has 1 aromatic carbocycles. The van der Waals surface area contributed by atoms with Crippen LogP contribution in [0.2, 0.25) is 0 Å². The van der Waals surface area contributed by atoms with Gasteiger partial charge in [0.1, 0.15) is 12.3 Å². The molecule has 2 aromatic heterocycles. The summed E-state index contributed by atoms with van der Waals surface area (Å²) in [7, 11) is -4.10. The fourth-order valence-corrected chi connectivity index (χ4v) is 5.35. The van der Waals surface area contributed by atoms with Crippen molar-refractivity contribution in [2.45, 2.75) is 58.2 Å². The van der Waals surface area contributed by atoms with Crippen molar-refractivity contribution in [1.29, 1.82) is 0 Å². The number of alkyl halides is 1. The third-order valence-corrected chi connectivity index (χ3v) is 7.07. The molecule has 0 aliphatic carbocycles. The van der Waals surface area contributed by atoms with Gasteiger partial charge in [-0.2, -0.15) is 9.97 Å². The molecule has 3 aromatic rings. The Balaban J connectivity index is 1.50. The Morgan fingerprint density at radius 1 is 1.33 bits per heavy atom. The lowest BCUT2D eigenvalue weighted by Crippen LogP contribution is -2.28. The number of nitrogens with one attached hydrogen (secondary N) is 1. The van der Waals surface area contributed by atoms with Crippen LogP contribution in [0, 0.1) is 0 Å². The standard InChI is InChI=1S/C24H32FN6O7P/c1-5-34-21-19-20(29-23(26)30-21)31(14-27-19)22-24(4,25)11-17(37-22)13-35-39(33,28-12-18(32)36-15(2)3)38-16-9-7-6-8-10-16/h6-10,14-15,17,22H,5,11-13H2,1-4H3,(H,28,33)(H2,26,29,30)/t17-,22+,24+,39?/m0/s1. The number of para-hydroxylation sites is 1. The zero-order valence-electron chi connectivity index (χ0n) is 22.1. The fraction of sp³-hybridized carbons (Fsp3) is 0.500. The Morgan fingerprint density at radius 3 is 2.77 bits per heavy atom. The Hall–Kier alpha value is -3.32. The van der Waals surface area contributed by atoms with Gasteiger partial charge in [0.15, 0.2) is 23.1 Å². The number of nitrogens with two attached hydrogens (primary N) is 1. The van der Waals surface area contributed by atoms with Crippen molar-refractivity contribution >= 4 is 30.8 Å². The predicted octanol–water partition coefficient (Wildman–Crippen LogP) is 3.57. The van der Waals surface area contributed by atoms with Crippen LogP contribution in [0.1, 0.15) is 40.3 Å². The highest BCUT2D eigenvalue weighted by atomic mass is 31.2. The first-order chi connectivity index (χ1) is 18.5. The summed E-state index contributed by atoms with van der Waals surface area (Å²) in [5.41, 5.74) is 4.50. The molecule has 4 rings (SSSR count). The van der Waals surface area contributed by atoms with Crippen LogP contribution in [-0.2, 0) is 23.4 Å². The van der Waals surface area contributed by atoms with E-state index >= 15 is 4.39 Å². The minimum absolute atomic E-state index is 0.0628. The summed E-state index contributed by atoms with van der Waals surface area (Å²) >= 11 is 0. The van der Waals surface area contributed by atoms with Gasteiger partial charge in [-0.25, -0.2) is 19.0 Å². The predicted molar refractivity (Wildman–Crippen MR) is 139 cm³/mol. The van der Waals surface area contributed by atoms with Crippen molar-refractivity contribution in [2.75, 3.05) is 25.5 Å². The van der Waals surface area contributed by atoms with E-state index in [0.717, 1.165) is 0 Å². The number of benzene rings is 1. The molecule has 0 radical (unpaired) electrons. The number of nitrogen functional groups attached to an aromatic ring is 1. The van der Waals surface area contributed by atoms with E-state index in [2.05, 4.69) is 20.0 Å². The molecule has 0 saturated carbocycles. The molecular formula is C24H32FN6O7P. The number of carbonyl (C=O) groups excluding carboxylic acids is 1. The van der Waals surface area contributed by atoms with E-state index in [1.54, 1.807) is 51.1 Å². The van der Waals surface area contributed by atoms with E-state index < -0.39 is 38.3 Å². The molecule has 0 bridgehead atoms. The maximum Gasteiger partial charge on any atom is 0.459 e. The Labute approximate surface area is 224 Å². The number of hydrogen-bond acceptors (Lipinski definition) is 11. The van der Waals surface area contributed by atoms with Crippen molar-refractivity contribution in [1.82, 2.24) is 24.6 Å². The molecule has 3 N–H and O–H groups in total. The largest absolute Gasteiger partial charge is 0.476 e. The Kier molecular flexibility index (Phi) is 8.70. The number of fused-ring (bicyclic) bond motifs is 1. The molecule has 3 heterocycles. The number of imidazole rings is 1. The highest BCUT2D eigenvalue weighted by Gasteiger charge is 2.48. The van der Waals surface area contributed by atoms with E-state index in [-0.39, 0.29) is 42.4 Å². The summed E-state index contributed by atoms with van der Waals surface area (Å²) in [5, 5.41) is 2.51. The van der Waals surface area contributed by atoms with Gasteiger partial charge in [-0.1, -0.05) is 18.2 Å². The van der Waals surface area contributed by atoms with Crippen LogP contribution in [0.25, 0.3) is 11.2 Å². The molecule has 15 heteroatoms. The lowest BCUT2D eigenvalue weighted by atomic mass is 10.0. The van der Waals surface area contributed by atoms with Gasteiger partial charge >= 0.3 is 13.7 Å². The van der Waals surface area contributed by atoms with Gasteiger partial charge in [0.25, 0.3) is 0 Å². The van der Waals surface area contributed by atoms with Gasteiger partial charge in [-0.3, -0.25) is 13.9 Å². The number of aromatic nitrogens is 4. The average molecular weight is 567 g/mol. The number of rotatable bonds is 12. The second-order valence-electron chi connectivity index (χ2n) is 9.31. The number of carbonyl (C=O) groups is 1. The van der Waals surface area contributed by atoms with E-state index in [1.807, 2.05) is 0 Å². The summed E-state index contributed by atoms with van der Waals surface area (Å²) in [6, 6.07) is 8.30. The fourth-order valence-electron chi connectivity index (χ4n) is 4.06. The average Bonchev–Trinajstić information content (AvgIpc) is 3.41. The molecule has 39 heavy (non-hydrogen) atoms. The molecule has 212 valence electrons. The molecule has 1 unspecified atom stereocenters. The molecule has 4 atom stereocenters. The van der Waals surface area contributed by atoms with E-state index in [4.69, 9.17) is 29.0 Å².